The molecule has 4 nitrogen and oxygen atoms in total. The van der Waals surface area contributed by atoms with Gasteiger partial charge in [-0.15, -0.1) is 0 Å². The summed E-state index contributed by atoms with van der Waals surface area (Å²) in [6.45, 7) is 8.53. The molecule has 0 aromatic heterocycles. The molecule has 0 aliphatic rings. The molecule has 2 aromatic rings. The second-order valence-electron chi connectivity index (χ2n) is 5.98. The van der Waals surface area contributed by atoms with Gasteiger partial charge in [0.15, 0.2) is 0 Å². The summed E-state index contributed by atoms with van der Waals surface area (Å²) in [4.78, 5) is 0. The van der Waals surface area contributed by atoms with E-state index in [2.05, 4.69) is 12.1 Å². The van der Waals surface area contributed by atoms with Gasteiger partial charge in [0, 0.05) is 7.11 Å². The molecule has 0 heterocycles. The normalized spacial score (nSPS) is 12.5. The van der Waals surface area contributed by atoms with Crippen molar-refractivity contribution in [3.05, 3.63) is 59.7 Å². The van der Waals surface area contributed by atoms with Crippen LogP contribution in [0.15, 0.2) is 48.5 Å². The van der Waals surface area contributed by atoms with Crippen LogP contribution < -0.4 is 9.47 Å². The number of ether oxygens (including phenoxy) is 3. The van der Waals surface area contributed by atoms with E-state index in [0.717, 1.165) is 17.9 Å². The predicted molar refractivity (Wildman–Crippen MR) is 106 cm³/mol. The van der Waals surface area contributed by atoms with Gasteiger partial charge in [-0.05, 0) is 55.7 Å². The third-order valence-corrected chi connectivity index (χ3v) is 3.63. The fourth-order valence-corrected chi connectivity index (χ4v) is 2.14. The molecule has 2 atom stereocenters. The first-order valence-electron chi connectivity index (χ1n) is 9.21. The summed E-state index contributed by atoms with van der Waals surface area (Å²) >= 11 is 0. The van der Waals surface area contributed by atoms with E-state index < -0.39 is 6.10 Å². The quantitative estimate of drug-likeness (QED) is 0.716. The molecule has 4 heteroatoms. The van der Waals surface area contributed by atoms with Gasteiger partial charge in [-0.3, -0.25) is 0 Å². The van der Waals surface area contributed by atoms with Crippen molar-refractivity contribution in [2.75, 3.05) is 20.3 Å². The number of hydrogen-bond acceptors (Lipinski definition) is 4. The Morgan fingerprint density at radius 1 is 0.769 bits per heavy atom. The SMILES string of the molecule is CC.COC(C)COc1ccc(Cc2ccc(OCC(C)O)cc2)cc1. The number of aliphatic hydroxyl groups is 1. The maximum Gasteiger partial charge on any atom is 0.119 e. The molecule has 144 valence electrons. The van der Waals surface area contributed by atoms with Gasteiger partial charge in [-0.1, -0.05) is 38.1 Å². The Bertz CT molecular complexity index is 591. The van der Waals surface area contributed by atoms with Crippen LogP contribution in [0.1, 0.15) is 38.8 Å². The number of methoxy groups -OCH3 is 1. The van der Waals surface area contributed by atoms with Crippen molar-refractivity contribution in [2.24, 2.45) is 0 Å². The summed E-state index contributed by atoms with van der Waals surface area (Å²) in [5.74, 6) is 1.63. The highest BCUT2D eigenvalue weighted by Gasteiger charge is 2.03. The molecule has 26 heavy (non-hydrogen) atoms. The second kappa shape index (κ2) is 12.3. The van der Waals surface area contributed by atoms with Gasteiger partial charge < -0.3 is 19.3 Å². The summed E-state index contributed by atoms with van der Waals surface area (Å²) in [5.41, 5.74) is 2.43. The molecule has 0 aliphatic carbocycles. The van der Waals surface area contributed by atoms with Crippen LogP contribution >= 0.6 is 0 Å². The zero-order valence-electron chi connectivity index (χ0n) is 16.6. The summed E-state index contributed by atoms with van der Waals surface area (Å²) in [6, 6.07) is 16.1. The van der Waals surface area contributed by atoms with E-state index in [1.807, 2.05) is 57.2 Å². The summed E-state index contributed by atoms with van der Waals surface area (Å²) in [6.07, 6.45) is 0.474. The molecule has 0 radical (unpaired) electrons. The number of aliphatic hydroxyl groups excluding tert-OH is 1. The van der Waals surface area contributed by atoms with Crippen LogP contribution in [-0.4, -0.2) is 37.6 Å². The molecule has 0 bridgehead atoms. The number of hydrogen-bond donors (Lipinski definition) is 1. The summed E-state index contributed by atoms with van der Waals surface area (Å²) in [7, 11) is 1.68. The predicted octanol–water partition coefficient (Wildman–Crippen LogP) is 4.48. The average molecular weight is 360 g/mol. The minimum atomic E-state index is -0.461. The lowest BCUT2D eigenvalue weighted by molar-refractivity contribution is 0.0716. The Morgan fingerprint density at radius 2 is 1.19 bits per heavy atom. The molecule has 1 N–H and O–H groups in total. The van der Waals surface area contributed by atoms with Gasteiger partial charge in [0.1, 0.15) is 24.7 Å². The molecule has 0 saturated heterocycles. The van der Waals surface area contributed by atoms with Crippen molar-refractivity contribution >= 4 is 0 Å². The first-order valence-corrected chi connectivity index (χ1v) is 9.21. The minimum Gasteiger partial charge on any atom is -0.491 e. The Labute approximate surface area is 157 Å². The maximum absolute atomic E-state index is 9.23. The van der Waals surface area contributed by atoms with Crippen molar-refractivity contribution in [2.45, 2.75) is 46.3 Å². The van der Waals surface area contributed by atoms with Crippen molar-refractivity contribution in [3.8, 4) is 11.5 Å². The Kier molecular flexibility index (Phi) is 10.4. The molecular weight excluding hydrogens is 328 g/mol. The van der Waals surface area contributed by atoms with E-state index in [-0.39, 0.29) is 6.10 Å². The van der Waals surface area contributed by atoms with Crippen molar-refractivity contribution < 1.29 is 19.3 Å². The topological polar surface area (TPSA) is 47.9 Å². The van der Waals surface area contributed by atoms with Gasteiger partial charge in [-0.2, -0.15) is 0 Å². The highest BCUT2D eigenvalue weighted by molar-refractivity contribution is 5.34. The monoisotopic (exact) mass is 360 g/mol. The third kappa shape index (κ3) is 8.37. The van der Waals surface area contributed by atoms with Gasteiger partial charge in [0.05, 0.1) is 12.2 Å². The molecule has 2 aromatic carbocycles. The molecule has 0 aliphatic heterocycles. The van der Waals surface area contributed by atoms with Crippen molar-refractivity contribution in [3.63, 3.8) is 0 Å². The van der Waals surface area contributed by atoms with E-state index in [4.69, 9.17) is 14.2 Å². The van der Waals surface area contributed by atoms with Crippen LogP contribution in [0, 0.1) is 0 Å². The van der Waals surface area contributed by atoms with Crippen LogP contribution in [0.3, 0.4) is 0 Å². The summed E-state index contributed by atoms with van der Waals surface area (Å²) < 4.78 is 16.3. The van der Waals surface area contributed by atoms with E-state index in [1.54, 1.807) is 14.0 Å². The van der Waals surface area contributed by atoms with Crippen LogP contribution in [0.25, 0.3) is 0 Å². The van der Waals surface area contributed by atoms with Crippen LogP contribution in [0.5, 0.6) is 11.5 Å². The third-order valence-electron chi connectivity index (χ3n) is 3.63. The van der Waals surface area contributed by atoms with Gasteiger partial charge in [0.2, 0.25) is 0 Å². The van der Waals surface area contributed by atoms with Crippen molar-refractivity contribution in [1.82, 2.24) is 0 Å². The first-order chi connectivity index (χ1) is 12.6. The largest absolute Gasteiger partial charge is 0.491 e. The number of benzene rings is 2. The Morgan fingerprint density at radius 3 is 1.58 bits per heavy atom. The van der Waals surface area contributed by atoms with E-state index >= 15 is 0 Å². The molecule has 2 unspecified atom stereocenters. The van der Waals surface area contributed by atoms with Crippen LogP contribution in [0.4, 0.5) is 0 Å². The lowest BCUT2D eigenvalue weighted by Gasteiger charge is -2.12. The Balaban J connectivity index is 0.00000163. The van der Waals surface area contributed by atoms with E-state index in [0.29, 0.717) is 13.2 Å². The molecule has 0 saturated carbocycles. The first kappa shape index (κ1) is 22.0. The van der Waals surface area contributed by atoms with Gasteiger partial charge in [-0.25, -0.2) is 0 Å². The molecular formula is C22H32O4. The zero-order chi connectivity index (χ0) is 19.4. The Hall–Kier alpha value is -2.04. The molecule has 0 amide bonds. The smallest absolute Gasteiger partial charge is 0.119 e. The standard InChI is InChI=1S/C20H26O4.C2H6/c1-15(21)13-23-19-8-4-17(5-9-19)12-18-6-10-20(11-7-18)24-14-16(2)22-3;1-2/h4-11,15-16,21H,12-14H2,1-3H3;1-2H3. The maximum atomic E-state index is 9.23. The van der Waals surface area contributed by atoms with Crippen LogP contribution in [-0.2, 0) is 11.2 Å². The van der Waals surface area contributed by atoms with Crippen LogP contribution in [0.2, 0.25) is 0 Å². The lowest BCUT2D eigenvalue weighted by atomic mass is 10.0. The highest BCUT2D eigenvalue weighted by atomic mass is 16.5. The summed E-state index contributed by atoms with van der Waals surface area (Å²) in [5, 5.41) is 9.23. The van der Waals surface area contributed by atoms with Gasteiger partial charge in [0.25, 0.3) is 0 Å². The zero-order valence-corrected chi connectivity index (χ0v) is 16.6. The highest BCUT2D eigenvalue weighted by Crippen LogP contribution is 2.18. The fourth-order valence-electron chi connectivity index (χ4n) is 2.14. The average Bonchev–Trinajstić information content (AvgIpc) is 2.68. The minimum absolute atomic E-state index is 0.0826. The van der Waals surface area contributed by atoms with Gasteiger partial charge >= 0.3 is 0 Å². The van der Waals surface area contributed by atoms with E-state index in [1.165, 1.54) is 11.1 Å². The van der Waals surface area contributed by atoms with Crippen molar-refractivity contribution in [1.29, 1.82) is 0 Å². The van der Waals surface area contributed by atoms with E-state index in [9.17, 15) is 5.11 Å². The number of rotatable bonds is 9. The molecule has 2 rings (SSSR count). The second-order valence-corrected chi connectivity index (χ2v) is 5.98. The molecule has 0 fully saturated rings. The molecule has 0 spiro atoms. The fraction of sp³-hybridized carbons (Fsp3) is 0.455. The lowest BCUT2D eigenvalue weighted by Crippen LogP contribution is -2.15.